The van der Waals surface area contributed by atoms with Gasteiger partial charge < -0.3 is 19.4 Å². The van der Waals surface area contributed by atoms with Gasteiger partial charge in [0, 0.05) is 24.8 Å². The minimum Gasteiger partial charge on any atom is -0.465 e. The summed E-state index contributed by atoms with van der Waals surface area (Å²) in [6.45, 7) is 0. The number of nitrogens with one attached hydrogen (secondary N) is 2. The number of aryl methyl sites for hydroxylation is 2. The molecule has 2 aromatic rings. The van der Waals surface area contributed by atoms with Crippen LogP contribution in [0.4, 0.5) is 0 Å². The van der Waals surface area contributed by atoms with E-state index in [0.29, 0.717) is 11.1 Å². The van der Waals surface area contributed by atoms with Crippen molar-refractivity contribution in [2.45, 2.75) is 19.3 Å². The maximum atomic E-state index is 11.6. The molecule has 0 radical (unpaired) electrons. The van der Waals surface area contributed by atoms with Crippen LogP contribution in [0.15, 0.2) is 24.8 Å². The minimum absolute atomic E-state index is 0.344. The molecule has 2 rings (SSSR count). The van der Waals surface area contributed by atoms with Gasteiger partial charge in [0.25, 0.3) is 0 Å². The molecular weight excluding hydrogens is 272 g/mol. The number of ether oxygens (including phenoxy) is 2. The highest BCUT2D eigenvalue weighted by Crippen LogP contribution is 2.16. The Bertz CT molecular complexity index is 573. The van der Waals surface area contributed by atoms with E-state index >= 15 is 0 Å². The van der Waals surface area contributed by atoms with Crippen molar-refractivity contribution in [1.29, 1.82) is 0 Å². The zero-order chi connectivity index (χ0) is 15.2. The summed E-state index contributed by atoms with van der Waals surface area (Å²) in [7, 11) is 2.73. The first kappa shape index (κ1) is 14.9. The average Bonchev–Trinajstić information content (AvgIpc) is 3.15. The number of carbonyl (C=O) groups is 2. The molecule has 0 spiro atoms. The van der Waals surface area contributed by atoms with Crippen LogP contribution in [0.1, 0.15) is 38.3 Å². The van der Waals surface area contributed by atoms with Gasteiger partial charge in [-0.05, 0) is 30.4 Å². The first-order chi connectivity index (χ1) is 10.2. The van der Waals surface area contributed by atoms with Crippen molar-refractivity contribution in [3.05, 3.63) is 47.0 Å². The van der Waals surface area contributed by atoms with Gasteiger partial charge in [-0.15, -0.1) is 0 Å². The van der Waals surface area contributed by atoms with Gasteiger partial charge in [0.15, 0.2) is 0 Å². The highest BCUT2D eigenvalue weighted by Gasteiger charge is 2.14. The summed E-state index contributed by atoms with van der Waals surface area (Å²) in [5.74, 6) is -0.689. The van der Waals surface area contributed by atoms with Gasteiger partial charge in [-0.3, -0.25) is 0 Å². The van der Waals surface area contributed by atoms with Crippen molar-refractivity contribution in [3.63, 3.8) is 0 Å². The summed E-state index contributed by atoms with van der Waals surface area (Å²) < 4.78 is 9.45. The number of aromatic amines is 2. The Balaban J connectivity index is 1.97. The summed E-state index contributed by atoms with van der Waals surface area (Å²) in [5, 5.41) is 0. The lowest BCUT2D eigenvalue weighted by molar-refractivity contribution is 0.0591. The molecule has 0 saturated carbocycles. The number of hydrogen-bond donors (Lipinski definition) is 2. The Hall–Kier alpha value is -2.50. The summed E-state index contributed by atoms with van der Waals surface area (Å²) in [6.07, 6.45) is 9.12. The molecule has 0 atom stereocenters. The molecule has 112 valence electrons. The van der Waals surface area contributed by atoms with E-state index in [1.165, 1.54) is 14.2 Å². The molecule has 2 heterocycles. The molecular formula is C15H18N2O4. The van der Waals surface area contributed by atoms with Gasteiger partial charge in [0.05, 0.1) is 25.3 Å². The lowest BCUT2D eigenvalue weighted by Gasteiger charge is -2.04. The first-order valence-electron chi connectivity index (χ1n) is 6.65. The standard InChI is InChI=1S/C15H18N2O4/c1-20-14(18)12-8-16-6-10(12)4-3-5-11-7-17-9-13(11)15(19)21-2/h6-9,16-17H,3-5H2,1-2H3. The lowest BCUT2D eigenvalue weighted by Crippen LogP contribution is -2.05. The summed E-state index contributed by atoms with van der Waals surface area (Å²) >= 11 is 0. The van der Waals surface area contributed by atoms with Crippen LogP contribution in [0.3, 0.4) is 0 Å². The van der Waals surface area contributed by atoms with Gasteiger partial charge in [0.2, 0.25) is 0 Å². The van der Waals surface area contributed by atoms with Crippen LogP contribution in [-0.4, -0.2) is 36.1 Å². The molecule has 0 aromatic carbocycles. The van der Waals surface area contributed by atoms with Crippen LogP contribution < -0.4 is 0 Å². The SMILES string of the molecule is COC(=O)c1c[nH]cc1CCCc1c[nH]cc1C(=O)OC. The highest BCUT2D eigenvalue weighted by molar-refractivity contribution is 5.91. The largest absolute Gasteiger partial charge is 0.465 e. The number of methoxy groups -OCH3 is 2. The van der Waals surface area contributed by atoms with Gasteiger partial charge in [-0.25, -0.2) is 9.59 Å². The first-order valence-corrected chi connectivity index (χ1v) is 6.65. The van der Waals surface area contributed by atoms with Gasteiger partial charge in [0.1, 0.15) is 0 Å². The van der Waals surface area contributed by atoms with E-state index in [-0.39, 0.29) is 11.9 Å². The summed E-state index contributed by atoms with van der Waals surface area (Å²) in [4.78, 5) is 29.0. The minimum atomic E-state index is -0.344. The number of rotatable bonds is 6. The highest BCUT2D eigenvalue weighted by atomic mass is 16.5. The molecule has 2 aromatic heterocycles. The molecule has 0 aliphatic carbocycles. The third-order valence-corrected chi connectivity index (χ3v) is 3.37. The molecule has 0 aliphatic heterocycles. The van der Waals surface area contributed by atoms with Crippen molar-refractivity contribution in [2.75, 3.05) is 14.2 Å². The van der Waals surface area contributed by atoms with Crippen molar-refractivity contribution in [1.82, 2.24) is 9.97 Å². The fourth-order valence-corrected chi connectivity index (χ4v) is 2.27. The van der Waals surface area contributed by atoms with Crippen LogP contribution >= 0.6 is 0 Å². The van der Waals surface area contributed by atoms with Crippen LogP contribution in [0, 0.1) is 0 Å². The quantitative estimate of drug-likeness (QED) is 0.798. The Morgan fingerprint density at radius 1 is 0.857 bits per heavy atom. The van der Waals surface area contributed by atoms with Crippen molar-refractivity contribution < 1.29 is 19.1 Å². The van der Waals surface area contributed by atoms with E-state index in [1.807, 2.05) is 0 Å². The molecule has 6 heteroatoms. The van der Waals surface area contributed by atoms with Crippen LogP contribution in [0.2, 0.25) is 0 Å². The summed E-state index contributed by atoms with van der Waals surface area (Å²) in [5.41, 5.74) is 2.94. The fraction of sp³-hybridized carbons (Fsp3) is 0.333. The van der Waals surface area contributed by atoms with Gasteiger partial charge >= 0.3 is 11.9 Å². The van der Waals surface area contributed by atoms with E-state index in [9.17, 15) is 9.59 Å². The van der Waals surface area contributed by atoms with E-state index in [2.05, 4.69) is 9.97 Å². The monoisotopic (exact) mass is 290 g/mol. The summed E-state index contributed by atoms with van der Waals surface area (Å²) in [6, 6.07) is 0. The molecule has 0 bridgehead atoms. The molecule has 2 N–H and O–H groups in total. The average molecular weight is 290 g/mol. The third kappa shape index (κ3) is 3.34. The lowest BCUT2D eigenvalue weighted by atomic mass is 10.0. The van der Waals surface area contributed by atoms with Crippen molar-refractivity contribution in [2.24, 2.45) is 0 Å². The maximum absolute atomic E-state index is 11.6. The van der Waals surface area contributed by atoms with E-state index in [1.54, 1.807) is 24.8 Å². The van der Waals surface area contributed by atoms with Gasteiger partial charge in [-0.2, -0.15) is 0 Å². The van der Waals surface area contributed by atoms with Crippen molar-refractivity contribution in [3.8, 4) is 0 Å². The molecule has 0 aliphatic rings. The molecule has 0 fully saturated rings. The zero-order valence-corrected chi connectivity index (χ0v) is 12.1. The topological polar surface area (TPSA) is 84.2 Å². The van der Waals surface area contributed by atoms with E-state index in [4.69, 9.17) is 9.47 Å². The van der Waals surface area contributed by atoms with Gasteiger partial charge in [-0.1, -0.05) is 0 Å². The van der Waals surface area contributed by atoms with Crippen LogP contribution in [0.25, 0.3) is 0 Å². The molecule has 6 nitrogen and oxygen atoms in total. The molecule has 0 unspecified atom stereocenters. The normalized spacial score (nSPS) is 10.4. The Labute approximate surface area is 122 Å². The number of esters is 2. The Morgan fingerprint density at radius 2 is 1.29 bits per heavy atom. The van der Waals surface area contributed by atoms with E-state index < -0.39 is 0 Å². The second-order valence-electron chi connectivity index (χ2n) is 4.63. The second-order valence-corrected chi connectivity index (χ2v) is 4.63. The van der Waals surface area contributed by atoms with E-state index in [0.717, 1.165) is 30.4 Å². The molecule has 0 amide bonds. The number of hydrogen-bond acceptors (Lipinski definition) is 4. The van der Waals surface area contributed by atoms with Crippen molar-refractivity contribution >= 4 is 11.9 Å². The van der Waals surface area contributed by atoms with Crippen LogP contribution in [0.5, 0.6) is 0 Å². The number of H-pyrrole nitrogens is 2. The Morgan fingerprint density at radius 3 is 1.67 bits per heavy atom. The fourth-order valence-electron chi connectivity index (χ4n) is 2.27. The van der Waals surface area contributed by atoms with Crippen LogP contribution in [-0.2, 0) is 22.3 Å². The number of carbonyl (C=O) groups excluding carboxylic acids is 2. The molecule has 21 heavy (non-hydrogen) atoms. The maximum Gasteiger partial charge on any atom is 0.339 e. The predicted octanol–water partition coefficient (Wildman–Crippen LogP) is 2.09. The second kappa shape index (κ2) is 6.78. The number of aromatic nitrogens is 2. The third-order valence-electron chi connectivity index (χ3n) is 3.37. The predicted molar refractivity (Wildman–Crippen MR) is 76.3 cm³/mol. The smallest absolute Gasteiger partial charge is 0.339 e. The zero-order valence-electron chi connectivity index (χ0n) is 12.1. The molecule has 0 saturated heterocycles. The Kier molecular flexibility index (Phi) is 4.81.